The van der Waals surface area contributed by atoms with Crippen LogP contribution in [0.5, 0.6) is 0 Å². The summed E-state index contributed by atoms with van der Waals surface area (Å²) in [4.78, 5) is 15.7. The zero-order valence-corrected chi connectivity index (χ0v) is 13.4. The van der Waals surface area contributed by atoms with Crippen molar-refractivity contribution in [2.75, 3.05) is 11.1 Å². The van der Waals surface area contributed by atoms with Crippen LogP contribution in [0.1, 0.15) is 20.8 Å². The number of anilines is 2. The number of nitrogens with two attached hydrogens (primary N) is 1. The average molecular weight is 320 g/mol. The molecule has 2 aromatic rings. The van der Waals surface area contributed by atoms with Crippen molar-refractivity contribution in [3.63, 3.8) is 0 Å². The van der Waals surface area contributed by atoms with Gasteiger partial charge in [0.25, 0.3) is 0 Å². The van der Waals surface area contributed by atoms with Gasteiger partial charge >= 0.3 is 6.09 Å². The van der Waals surface area contributed by atoms with E-state index < -0.39 is 11.7 Å². The fourth-order valence-electron chi connectivity index (χ4n) is 1.79. The predicted molar refractivity (Wildman–Crippen MR) is 89.0 cm³/mol. The molecule has 0 saturated heterocycles. The lowest BCUT2D eigenvalue weighted by atomic mass is 10.1. The van der Waals surface area contributed by atoms with Crippen molar-refractivity contribution < 1.29 is 9.53 Å². The van der Waals surface area contributed by atoms with Crippen LogP contribution in [-0.4, -0.2) is 16.7 Å². The first kappa shape index (κ1) is 16.1. The number of nitrogen functional groups attached to an aromatic ring is 1. The van der Waals surface area contributed by atoms with Crippen LogP contribution in [0.3, 0.4) is 0 Å². The summed E-state index contributed by atoms with van der Waals surface area (Å²) in [6.45, 7) is 5.44. The summed E-state index contributed by atoms with van der Waals surface area (Å²) < 4.78 is 5.19. The number of hydrogen-bond donors (Lipinski definition) is 2. The molecule has 2 rings (SSSR count). The Labute approximate surface area is 134 Å². The maximum Gasteiger partial charge on any atom is 0.412 e. The predicted octanol–water partition coefficient (Wildman–Crippen LogP) is 4.33. The maximum atomic E-state index is 11.7. The Kier molecular flexibility index (Phi) is 4.56. The first-order valence-corrected chi connectivity index (χ1v) is 7.14. The summed E-state index contributed by atoms with van der Waals surface area (Å²) in [6.07, 6.45) is 1.16. The summed E-state index contributed by atoms with van der Waals surface area (Å²) in [5.41, 5.74) is 8.06. The molecular weight excluding hydrogens is 302 g/mol. The van der Waals surface area contributed by atoms with E-state index in [1.807, 2.05) is 32.9 Å². The van der Waals surface area contributed by atoms with Gasteiger partial charge in [-0.05, 0) is 44.5 Å². The largest absolute Gasteiger partial charge is 0.444 e. The van der Waals surface area contributed by atoms with E-state index in [0.29, 0.717) is 11.4 Å². The summed E-state index contributed by atoms with van der Waals surface area (Å²) in [7, 11) is 0. The summed E-state index contributed by atoms with van der Waals surface area (Å²) in [5.74, 6) is 0. The molecule has 0 aliphatic rings. The van der Waals surface area contributed by atoms with Crippen LogP contribution in [0.15, 0.2) is 36.5 Å². The van der Waals surface area contributed by atoms with Crippen molar-refractivity contribution >= 4 is 29.1 Å². The van der Waals surface area contributed by atoms with Gasteiger partial charge in [-0.15, -0.1) is 0 Å². The second kappa shape index (κ2) is 6.23. The van der Waals surface area contributed by atoms with Gasteiger partial charge in [0.05, 0.1) is 5.69 Å². The van der Waals surface area contributed by atoms with Gasteiger partial charge < -0.3 is 10.5 Å². The van der Waals surface area contributed by atoms with E-state index in [9.17, 15) is 4.79 Å². The minimum absolute atomic E-state index is 0.284. The molecule has 0 aliphatic heterocycles. The summed E-state index contributed by atoms with van der Waals surface area (Å²) >= 11 is 5.81. The minimum Gasteiger partial charge on any atom is -0.444 e. The SMILES string of the molecule is CC(C)(C)OC(=O)Nc1ccc(-c2cnc(Cl)c(N)c2)cc1. The van der Waals surface area contributed by atoms with E-state index in [4.69, 9.17) is 22.1 Å². The second-order valence-corrected chi connectivity index (χ2v) is 6.17. The third-order valence-corrected chi connectivity index (χ3v) is 3.05. The smallest absolute Gasteiger partial charge is 0.412 e. The highest BCUT2D eigenvalue weighted by Crippen LogP contribution is 2.25. The van der Waals surface area contributed by atoms with Crippen molar-refractivity contribution in [3.8, 4) is 11.1 Å². The number of halogens is 1. The first-order valence-electron chi connectivity index (χ1n) is 6.76. The van der Waals surface area contributed by atoms with Crippen molar-refractivity contribution in [3.05, 3.63) is 41.7 Å². The highest BCUT2D eigenvalue weighted by atomic mass is 35.5. The molecular formula is C16H18ClN3O2. The van der Waals surface area contributed by atoms with Crippen LogP contribution in [0.4, 0.5) is 16.2 Å². The van der Waals surface area contributed by atoms with E-state index in [2.05, 4.69) is 10.3 Å². The normalized spacial score (nSPS) is 11.1. The number of rotatable bonds is 2. The van der Waals surface area contributed by atoms with Gasteiger partial charge in [-0.1, -0.05) is 23.7 Å². The lowest BCUT2D eigenvalue weighted by molar-refractivity contribution is 0.0636. The number of carbonyl (C=O) groups excluding carboxylic acids is 1. The Balaban J connectivity index is 2.10. The number of nitrogens with one attached hydrogen (secondary N) is 1. The Morgan fingerprint density at radius 3 is 2.41 bits per heavy atom. The van der Waals surface area contributed by atoms with Crippen LogP contribution < -0.4 is 11.1 Å². The minimum atomic E-state index is -0.531. The molecule has 0 aliphatic carbocycles. The molecule has 5 nitrogen and oxygen atoms in total. The summed E-state index contributed by atoms with van der Waals surface area (Å²) in [5, 5.41) is 2.96. The van der Waals surface area contributed by atoms with Crippen molar-refractivity contribution in [2.45, 2.75) is 26.4 Å². The monoisotopic (exact) mass is 319 g/mol. The standard InChI is InChI=1S/C16H18ClN3O2/c1-16(2,3)22-15(21)20-12-6-4-10(5-7-12)11-8-13(18)14(17)19-9-11/h4-9H,18H2,1-3H3,(H,20,21). The molecule has 1 aromatic heterocycles. The Hall–Kier alpha value is -2.27. The van der Waals surface area contributed by atoms with Gasteiger partial charge in [-0.25, -0.2) is 9.78 Å². The van der Waals surface area contributed by atoms with Gasteiger partial charge in [0.2, 0.25) is 0 Å². The molecule has 0 fully saturated rings. The third kappa shape index (κ3) is 4.36. The van der Waals surface area contributed by atoms with Crippen molar-refractivity contribution in [2.24, 2.45) is 0 Å². The molecule has 22 heavy (non-hydrogen) atoms. The fraction of sp³-hybridized carbons (Fsp3) is 0.250. The molecule has 6 heteroatoms. The molecule has 0 spiro atoms. The lowest BCUT2D eigenvalue weighted by Crippen LogP contribution is -2.27. The number of nitrogens with zero attached hydrogens (tertiary/aromatic N) is 1. The van der Waals surface area contributed by atoms with Crippen LogP contribution >= 0.6 is 11.6 Å². The fourth-order valence-corrected chi connectivity index (χ4v) is 1.89. The molecule has 0 saturated carbocycles. The number of carbonyl (C=O) groups is 1. The number of amides is 1. The molecule has 1 heterocycles. The molecule has 3 N–H and O–H groups in total. The van der Waals surface area contributed by atoms with E-state index in [1.54, 1.807) is 24.4 Å². The Morgan fingerprint density at radius 1 is 1.23 bits per heavy atom. The molecule has 1 aromatic carbocycles. The van der Waals surface area contributed by atoms with Crippen LogP contribution in [0.2, 0.25) is 5.15 Å². The Morgan fingerprint density at radius 2 is 1.86 bits per heavy atom. The average Bonchev–Trinajstić information content (AvgIpc) is 2.40. The van der Waals surface area contributed by atoms with Gasteiger partial charge in [-0.3, -0.25) is 5.32 Å². The highest BCUT2D eigenvalue weighted by molar-refractivity contribution is 6.31. The lowest BCUT2D eigenvalue weighted by Gasteiger charge is -2.19. The number of ether oxygens (including phenoxy) is 1. The molecule has 1 amide bonds. The highest BCUT2D eigenvalue weighted by Gasteiger charge is 2.16. The van der Waals surface area contributed by atoms with Crippen molar-refractivity contribution in [1.82, 2.24) is 4.98 Å². The molecule has 0 atom stereocenters. The van der Waals surface area contributed by atoms with Crippen LogP contribution in [0.25, 0.3) is 11.1 Å². The summed E-state index contributed by atoms with van der Waals surface area (Å²) in [6, 6.07) is 9.04. The Bertz CT molecular complexity index is 679. The maximum absolute atomic E-state index is 11.7. The van der Waals surface area contributed by atoms with Gasteiger partial charge in [0, 0.05) is 17.4 Å². The molecule has 0 radical (unpaired) electrons. The number of aromatic nitrogens is 1. The topological polar surface area (TPSA) is 77.2 Å². The number of pyridine rings is 1. The molecule has 116 valence electrons. The van der Waals surface area contributed by atoms with E-state index in [1.165, 1.54) is 0 Å². The van der Waals surface area contributed by atoms with Gasteiger partial charge in [0.1, 0.15) is 5.60 Å². The number of hydrogen-bond acceptors (Lipinski definition) is 4. The second-order valence-electron chi connectivity index (χ2n) is 5.81. The molecule has 0 unspecified atom stereocenters. The van der Waals surface area contributed by atoms with E-state index >= 15 is 0 Å². The quantitative estimate of drug-likeness (QED) is 0.808. The zero-order valence-electron chi connectivity index (χ0n) is 12.7. The van der Waals surface area contributed by atoms with Crippen molar-refractivity contribution in [1.29, 1.82) is 0 Å². The molecule has 0 bridgehead atoms. The first-order chi connectivity index (χ1) is 10.2. The van der Waals surface area contributed by atoms with Crippen LogP contribution in [0, 0.1) is 0 Å². The van der Waals surface area contributed by atoms with Gasteiger partial charge in [0.15, 0.2) is 5.15 Å². The zero-order chi connectivity index (χ0) is 16.3. The van der Waals surface area contributed by atoms with E-state index in [0.717, 1.165) is 11.1 Å². The number of benzene rings is 1. The van der Waals surface area contributed by atoms with Gasteiger partial charge in [-0.2, -0.15) is 0 Å². The third-order valence-electron chi connectivity index (χ3n) is 2.73. The van der Waals surface area contributed by atoms with E-state index in [-0.39, 0.29) is 5.15 Å². The van der Waals surface area contributed by atoms with Crippen LogP contribution in [-0.2, 0) is 4.74 Å².